The fourth-order valence-electron chi connectivity index (χ4n) is 6.12. The van der Waals surface area contributed by atoms with E-state index < -0.39 is 17.9 Å². The van der Waals surface area contributed by atoms with E-state index in [0.29, 0.717) is 17.2 Å². The Labute approximate surface area is 203 Å². The molecule has 174 valence electrons. The molecule has 6 rings (SSSR count). The van der Waals surface area contributed by atoms with Gasteiger partial charge >= 0.3 is 0 Å². The van der Waals surface area contributed by atoms with Crippen molar-refractivity contribution in [2.24, 2.45) is 11.8 Å². The molecule has 0 unspecified atom stereocenters. The number of nitrogens with zero attached hydrogens (tertiary/aromatic N) is 2. The second kappa shape index (κ2) is 8.07. The number of ether oxygens (including phenoxy) is 1. The average molecular weight is 477 g/mol. The molecule has 0 saturated carbocycles. The van der Waals surface area contributed by atoms with Gasteiger partial charge in [0.25, 0.3) is 0 Å². The fourth-order valence-corrected chi connectivity index (χ4v) is 6.24. The molecule has 3 saturated heterocycles. The number of likely N-dealkylation sites (tertiary alicyclic amines) is 1. The first kappa shape index (κ1) is 21.6. The highest BCUT2D eigenvalue weighted by Crippen LogP contribution is 2.50. The Morgan fingerprint density at radius 1 is 1.06 bits per heavy atom. The molecule has 6 nitrogen and oxygen atoms in total. The summed E-state index contributed by atoms with van der Waals surface area (Å²) >= 11 is 6.05. The second-order valence-corrected chi connectivity index (χ2v) is 9.99. The Bertz CT molecular complexity index is 1220. The number of para-hydroxylation sites is 1. The first-order valence-electron chi connectivity index (χ1n) is 11.8. The zero-order valence-corrected chi connectivity index (χ0v) is 19.6. The number of Topliss-reactive ketones (excluding diaryl/α,β-unsaturated/α-hetero) is 1. The van der Waals surface area contributed by atoms with E-state index in [0.717, 1.165) is 29.7 Å². The number of carbonyl (C=O) groups excluding carboxylic acids is 3. The lowest BCUT2D eigenvalue weighted by atomic mass is 9.85. The third kappa shape index (κ3) is 3.16. The standard InChI is InChI=1S/C27H25ClN2O4/c1-15-13-21-22-23(27(33)29(26(22)32)14-18-5-4-12-34-18)24(25(31)16-8-10-17(28)11-9-16)30(21)20-7-3-2-6-19(15)20/h2-3,6-11,13,18,21-24H,4-5,12,14H2,1H3/t18-,21-,22+,23-,24+/m0/s1. The minimum absolute atomic E-state index is 0.127. The van der Waals surface area contributed by atoms with Crippen molar-refractivity contribution in [3.63, 3.8) is 0 Å². The summed E-state index contributed by atoms with van der Waals surface area (Å²) in [5.41, 5.74) is 3.44. The van der Waals surface area contributed by atoms with Crippen molar-refractivity contribution >= 4 is 40.5 Å². The van der Waals surface area contributed by atoms with Crippen LogP contribution in [-0.2, 0) is 14.3 Å². The van der Waals surface area contributed by atoms with Crippen molar-refractivity contribution in [2.45, 2.75) is 38.0 Å². The van der Waals surface area contributed by atoms with Gasteiger partial charge in [0.1, 0.15) is 6.04 Å². The topological polar surface area (TPSA) is 66.9 Å². The van der Waals surface area contributed by atoms with E-state index in [4.69, 9.17) is 16.3 Å². The molecule has 0 aliphatic carbocycles. The van der Waals surface area contributed by atoms with Crippen LogP contribution in [0.2, 0.25) is 5.02 Å². The molecule has 2 amide bonds. The Morgan fingerprint density at radius 2 is 1.79 bits per heavy atom. The zero-order valence-electron chi connectivity index (χ0n) is 18.8. The van der Waals surface area contributed by atoms with Crippen LogP contribution >= 0.6 is 11.6 Å². The zero-order chi connectivity index (χ0) is 23.6. The quantitative estimate of drug-likeness (QED) is 0.493. The summed E-state index contributed by atoms with van der Waals surface area (Å²) in [6.07, 6.45) is 3.69. The number of imide groups is 1. The predicted molar refractivity (Wildman–Crippen MR) is 129 cm³/mol. The molecule has 3 fully saturated rings. The molecule has 4 aliphatic heterocycles. The largest absolute Gasteiger partial charge is 0.376 e. The van der Waals surface area contributed by atoms with Crippen LogP contribution in [0.15, 0.2) is 54.6 Å². The van der Waals surface area contributed by atoms with Crippen molar-refractivity contribution in [2.75, 3.05) is 18.1 Å². The maximum absolute atomic E-state index is 13.9. The van der Waals surface area contributed by atoms with Gasteiger partial charge in [-0.3, -0.25) is 19.3 Å². The second-order valence-electron chi connectivity index (χ2n) is 9.55. The van der Waals surface area contributed by atoms with E-state index in [2.05, 4.69) is 6.08 Å². The van der Waals surface area contributed by atoms with E-state index in [1.807, 2.05) is 36.1 Å². The summed E-state index contributed by atoms with van der Waals surface area (Å²) in [5, 5.41) is 0.537. The molecule has 0 spiro atoms. The van der Waals surface area contributed by atoms with Gasteiger partial charge in [-0.15, -0.1) is 0 Å². The number of amides is 2. The first-order chi connectivity index (χ1) is 16.5. The van der Waals surface area contributed by atoms with Gasteiger partial charge in [0.2, 0.25) is 11.8 Å². The molecular weight excluding hydrogens is 452 g/mol. The maximum atomic E-state index is 13.9. The summed E-state index contributed by atoms with van der Waals surface area (Å²) in [4.78, 5) is 44.7. The number of ketones is 1. The Morgan fingerprint density at radius 3 is 2.53 bits per heavy atom. The number of rotatable bonds is 4. The molecule has 0 N–H and O–H groups in total. The molecule has 4 heterocycles. The van der Waals surface area contributed by atoms with Gasteiger partial charge in [0, 0.05) is 28.4 Å². The highest BCUT2D eigenvalue weighted by molar-refractivity contribution is 6.30. The number of allylic oxidation sites excluding steroid dienone is 1. The molecule has 7 heteroatoms. The van der Waals surface area contributed by atoms with Gasteiger partial charge in [0.05, 0.1) is 30.5 Å². The normalized spacial score (nSPS) is 29.7. The predicted octanol–water partition coefficient (Wildman–Crippen LogP) is 3.98. The molecule has 2 aromatic rings. The third-order valence-corrected chi connectivity index (χ3v) is 7.91. The van der Waals surface area contributed by atoms with Crippen molar-refractivity contribution in [1.82, 2.24) is 4.90 Å². The minimum atomic E-state index is -0.771. The van der Waals surface area contributed by atoms with Crippen molar-refractivity contribution in [3.8, 4) is 0 Å². The molecule has 34 heavy (non-hydrogen) atoms. The van der Waals surface area contributed by atoms with Gasteiger partial charge in [-0.1, -0.05) is 35.9 Å². The molecule has 0 radical (unpaired) electrons. The fraction of sp³-hybridized carbons (Fsp3) is 0.370. The number of fused-ring (bicyclic) bond motifs is 5. The van der Waals surface area contributed by atoms with E-state index in [9.17, 15) is 14.4 Å². The number of carbonyl (C=O) groups is 3. The summed E-state index contributed by atoms with van der Waals surface area (Å²) in [6, 6.07) is 13.5. The SMILES string of the molecule is CC1=C[C@H]2[C@H]3C(=O)N(C[C@@H]4CCCO4)C(=O)[C@@H]3[C@H](C(=O)c3ccc(Cl)cc3)N2c2ccccc21. The number of hydrogen-bond acceptors (Lipinski definition) is 5. The third-order valence-electron chi connectivity index (χ3n) is 7.65. The van der Waals surface area contributed by atoms with Crippen LogP contribution in [0.5, 0.6) is 0 Å². The first-order valence-corrected chi connectivity index (χ1v) is 12.2. The van der Waals surface area contributed by atoms with Crippen LogP contribution in [0.4, 0.5) is 5.69 Å². The van der Waals surface area contributed by atoms with E-state index in [1.165, 1.54) is 4.90 Å². The Hall–Kier alpha value is -2.96. The van der Waals surface area contributed by atoms with E-state index in [-0.39, 0.29) is 36.3 Å². The summed E-state index contributed by atoms with van der Waals surface area (Å²) in [7, 11) is 0. The summed E-state index contributed by atoms with van der Waals surface area (Å²) in [6.45, 7) is 2.93. The summed E-state index contributed by atoms with van der Waals surface area (Å²) in [5.74, 6) is -1.97. The van der Waals surface area contributed by atoms with Gasteiger partial charge < -0.3 is 9.64 Å². The minimum Gasteiger partial charge on any atom is -0.376 e. The lowest BCUT2D eigenvalue weighted by Crippen LogP contribution is -2.49. The van der Waals surface area contributed by atoms with Gasteiger partial charge in [0.15, 0.2) is 5.78 Å². The monoisotopic (exact) mass is 476 g/mol. The molecule has 5 atom stereocenters. The van der Waals surface area contributed by atoms with Crippen LogP contribution in [0.1, 0.15) is 35.7 Å². The maximum Gasteiger partial charge on any atom is 0.235 e. The summed E-state index contributed by atoms with van der Waals surface area (Å²) < 4.78 is 5.71. The number of benzene rings is 2. The van der Waals surface area contributed by atoms with Gasteiger partial charge in [-0.2, -0.15) is 0 Å². The van der Waals surface area contributed by atoms with Crippen LogP contribution in [0, 0.1) is 11.8 Å². The number of hydrogen-bond donors (Lipinski definition) is 0. The van der Waals surface area contributed by atoms with Crippen molar-refractivity contribution in [3.05, 3.63) is 70.8 Å². The van der Waals surface area contributed by atoms with Gasteiger partial charge in [-0.25, -0.2) is 0 Å². The van der Waals surface area contributed by atoms with E-state index >= 15 is 0 Å². The van der Waals surface area contributed by atoms with Crippen LogP contribution < -0.4 is 4.90 Å². The average Bonchev–Trinajstić information content (AvgIpc) is 3.53. The van der Waals surface area contributed by atoms with Crippen LogP contribution in [-0.4, -0.2) is 53.8 Å². The van der Waals surface area contributed by atoms with Crippen LogP contribution in [0.25, 0.3) is 5.57 Å². The van der Waals surface area contributed by atoms with Crippen LogP contribution in [0.3, 0.4) is 0 Å². The van der Waals surface area contributed by atoms with Crippen molar-refractivity contribution in [1.29, 1.82) is 0 Å². The highest BCUT2D eigenvalue weighted by atomic mass is 35.5. The number of anilines is 1. The Balaban J connectivity index is 1.45. The molecule has 0 aromatic heterocycles. The lowest BCUT2D eigenvalue weighted by Gasteiger charge is -2.38. The Kier molecular flexibility index (Phi) is 5.12. The highest BCUT2D eigenvalue weighted by Gasteiger charge is 2.64. The number of halogens is 1. The molecular formula is C27H25ClN2O4. The van der Waals surface area contributed by atoms with E-state index in [1.54, 1.807) is 24.3 Å². The van der Waals surface area contributed by atoms with Crippen molar-refractivity contribution < 1.29 is 19.1 Å². The lowest BCUT2D eigenvalue weighted by molar-refractivity contribution is -0.142. The molecule has 0 bridgehead atoms. The molecule has 2 aromatic carbocycles. The molecule has 4 aliphatic rings. The van der Waals surface area contributed by atoms with Gasteiger partial charge in [-0.05, 0) is 55.7 Å². The smallest absolute Gasteiger partial charge is 0.235 e.